The molecule has 6 nitrogen and oxygen atoms in total. The number of rotatable bonds is 3. The molecule has 1 atom stereocenters. The van der Waals surface area contributed by atoms with E-state index in [9.17, 15) is 4.79 Å². The number of hydrogen-bond donors (Lipinski definition) is 0. The molecule has 0 radical (unpaired) electrons. The van der Waals surface area contributed by atoms with E-state index in [1.54, 1.807) is 6.33 Å². The SMILES string of the molecule is Cn1cnnc1CN1CCC(C(=O)N2CCSCC2)C1. The highest BCUT2D eigenvalue weighted by Crippen LogP contribution is 2.21. The third-order valence-electron chi connectivity index (χ3n) is 4.11. The number of aryl methyl sites for hydroxylation is 1. The van der Waals surface area contributed by atoms with Gasteiger partial charge < -0.3 is 9.47 Å². The number of carbonyl (C=O) groups excluding carboxylic acids is 1. The first-order chi connectivity index (χ1) is 9.74. The van der Waals surface area contributed by atoms with Crippen LogP contribution in [0.5, 0.6) is 0 Å². The molecule has 0 aromatic carbocycles. The largest absolute Gasteiger partial charge is 0.341 e. The number of aromatic nitrogens is 3. The van der Waals surface area contributed by atoms with E-state index in [2.05, 4.69) is 15.1 Å². The average molecular weight is 295 g/mol. The number of amides is 1. The summed E-state index contributed by atoms with van der Waals surface area (Å²) >= 11 is 1.94. The second-order valence-corrected chi connectivity index (χ2v) is 6.74. The molecule has 2 saturated heterocycles. The van der Waals surface area contributed by atoms with Gasteiger partial charge in [-0.2, -0.15) is 11.8 Å². The standard InChI is InChI=1S/C13H21N5OS/c1-16-10-14-15-12(16)9-17-3-2-11(8-17)13(19)18-4-6-20-7-5-18/h10-11H,2-9H2,1H3. The van der Waals surface area contributed by atoms with Crippen molar-refractivity contribution >= 4 is 17.7 Å². The first kappa shape index (κ1) is 13.9. The summed E-state index contributed by atoms with van der Waals surface area (Å²) < 4.78 is 1.94. The van der Waals surface area contributed by atoms with Gasteiger partial charge in [-0.1, -0.05) is 0 Å². The van der Waals surface area contributed by atoms with Crippen molar-refractivity contribution in [2.24, 2.45) is 13.0 Å². The Morgan fingerprint density at radius 1 is 1.40 bits per heavy atom. The van der Waals surface area contributed by atoms with Crippen LogP contribution in [0, 0.1) is 5.92 Å². The lowest BCUT2D eigenvalue weighted by atomic mass is 10.1. The van der Waals surface area contributed by atoms with Gasteiger partial charge in [-0.15, -0.1) is 10.2 Å². The summed E-state index contributed by atoms with van der Waals surface area (Å²) in [6, 6.07) is 0. The van der Waals surface area contributed by atoms with Crippen LogP contribution in [0.2, 0.25) is 0 Å². The summed E-state index contributed by atoms with van der Waals surface area (Å²) in [6.45, 7) is 4.46. The molecule has 3 heterocycles. The molecule has 1 amide bonds. The molecule has 3 rings (SSSR count). The average Bonchev–Trinajstić information content (AvgIpc) is 3.10. The maximum atomic E-state index is 12.5. The van der Waals surface area contributed by atoms with Crippen molar-refractivity contribution in [3.8, 4) is 0 Å². The number of hydrogen-bond acceptors (Lipinski definition) is 5. The summed E-state index contributed by atoms with van der Waals surface area (Å²) in [7, 11) is 1.96. The van der Waals surface area contributed by atoms with E-state index in [0.717, 1.165) is 56.5 Å². The zero-order valence-electron chi connectivity index (χ0n) is 11.9. The number of thioether (sulfide) groups is 1. The Labute approximate surface area is 123 Å². The maximum Gasteiger partial charge on any atom is 0.227 e. The minimum absolute atomic E-state index is 0.173. The fourth-order valence-electron chi connectivity index (χ4n) is 2.87. The lowest BCUT2D eigenvalue weighted by molar-refractivity contribution is -0.134. The van der Waals surface area contributed by atoms with Gasteiger partial charge >= 0.3 is 0 Å². The Morgan fingerprint density at radius 3 is 2.90 bits per heavy atom. The Kier molecular flexibility index (Phi) is 4.26. The van der Waals surface area contributed by atoms with E-state index in [4.69, 9.17) is 0 Å². The maximum absolute atomic E-state index is 12.5. The zero-order chi connectivity index (χ0) is 13.9. The number of likely N-dealkylation sites (tertiary alicyclic amines) is 1. The predicted octanol–water partition coefficient (Wildman–Crippen LogP) is 0.212. The fourth-order valence-corrected chi connectivity index (χ4v) is 3.77. The van der Waals surface area contributed by atoms with Crippen molar-refractivity contribution in [1.29, 1.82) is 0 Å². The van der Waals surface area contributed by atoms with Gasteiger partial charge in [0, 0.05) is 38.2 Å². The molecular weight excluding hydrogens is 274 g/mol. The molecular formula is C13H21N5OS. The molecule has 1 aromatic rings. The minimum atomic E-state index is 0.173. The van der Waals surface area contributed by atoms with Crippen LogP contribution in [-0.2, 0) is 18.4 Å². The summed E-state index contributed by atoms with van der Waals surface area (Å²) in [5, 5.41) is 8.01. The summed E-state index contributed by atoms with van der Waals surface area (Å²) in [4.78, 5) is 16.8. The highest BCUT2D eigenvalue weighted by atomic mass is 32.2. The lowest BCUT2D eigenvalue weighted by Gasteiger charge is -2.28. The second-order valence-electron chi connectivity index (χ2n) is 5.52. The first-order valence-corrected chi connectivity index (χ1v) is 8.31. The van der Waals surface area contributed by atoms with Crippen molar-refractivity contribution in [3.05, 3.63) is 12.2 Å². The Balaban J connectivity index is 1.53. The Bertz CT molecular complexity index is 471. The molecule has 0 bridgehead atoms. The van der Waals surface area contributed by atoms with Gasteiger partial charge in [0.15, 0.2) is 0 Å². The van der Waals surface area contributed by atoms with Crippen LogP contribution in [0.3, 0.4) is 0 Å². The van der Waals surface area contributed by atoms with Crippen molar-refractivity contribution in [2.75, 3.05) is 37.7 Å². The van der Waals surface area contributed by atoms with E-state index in [1.807, 2.05) is 28.3 Å². The molecule has 1 unspecified atom stereocenters. The normalized spacial score (nSPS) is 24.2. The molecule has 0 spiro atoms. The second kappa shape index (κ2) is 6.13. The van der Waals surface area contributed by atoms with Crippen LogP contribution < -0.4 is 0 Å². The smallest absolute Gasteiger partial charge is 0.227 e. The van der Waals surface area contributed by atoms with E-state index in [0.29, 0.717) is 5.91 Å². The van der Waals surface area contributed by atoms with Crippen molar-refractivity contribution in [1.82, 2.24) is 24.6 Å². The van der Waals surface area contributed by atoms with Gasteiger partial charge in [0.25, 0.3) is 0 Å². The molecule has 7 heteroatoms. The van der Waals surface area contributed by atoms with Gasteiger partial charge in [-0.05, 0) is 13.0 Å². The van der Waals surface area contributed by atoms with Crippen LogP contribution >= 0.6 is 11.8 Å². The third-order valence-corrected chi connectivity index (χ3v) is 5.06. The van der Waals surface area contributed by atoms with Crippen molar-refractivity contribution < 1.29 is 4.79 Å². The van der Waals surface area contributed by atoms with Gasteiger partial charge in [-0.3, -0.25) is 9.69 Å². The van der Waals surface area contributed by atoms with E-state index >= 15 is 0 Å². The monoisotopic (exact) mass is 295 g/mol. The predicted molar refractivity (Wildman–Crippen MR) is 78.3 cm³/mol. The minimum Gasteiger partial charge on any atom is -0.341 e. The fraction of sp³-hybridized carbons (Fsp3) is 0.769. The molecule has 110 valence electrons. The van der Waals surface area contributed by atoms with E-state index in [-0.39, 0.29) is 5.92 Å². The molecule has 0 N–H and O–H groups in total. The van der Waals surface area contributed by atoms with Gasteiger partial charge in [0.1, 0.15) is 12.2 Å². The molecule has 2 aliphatic rings. The summed E-state index contributed by atoms with van der Waals surface area (Å²) in [6.07, 6.45) is 2.69. The first-order valence-electron chi connectivity index (χ1n) is 7.16. The zero-order valence-corrected chi connectivity index (χ0v) is 12.7. The topological polar surface area (TPSA) is 54.3 Å². The molecule has 20 heavy (non-hydrogen) atoms. The van der Waals surface area contributed by atoms with Gasteiger partial charge in [0.05, 0.1) is 12.5 Å². The quantitative estimate of drug-likeness (QED) is 0.798. The van der Waals surface area contributed by atoms with Gasteiger partial charge in [0.2, 0.25) is 5.91 Å². The molecule has 2 fully saturated rings. The van der Waals surface area contributed by atoms with E-state index < -0.39 is 0 Å². The van der Waals surface area contributed by atoms with Crippen molar-refractivity contribution in [3.63, 3.8) is 0 Å². The number of nitrogens with zero attached hydrogens (tertiary/aromatic N) is 5. The molecule has 0 saturated carbocycles. The lowest BCUT2D eigenvalue weighted by Crippen LogP contribution is -2.42. The highest BCUT2D eigenvalue weighted by Gasteiger charge is 2.32. The van der Waals surface area contributed by atoms with Crippen LogP contribution in [-0.4, -0.2) is 68.2 Å². The van der Waals surface area contributed by atoms with Crippen LogP contribution in [0.15, 0.2) is 6.33 Å². The van der Waals surface area contributed by atoms with Gasteiger partial charge in [-0.25, -0.2) is 0 Å². The van der Waals surface area contributed by atoms with E-state index in [1.165, 1.54) is 0 Å². The summed E-state index contributed by atoms with van der Waals surface area (Å²) in [5.41, 5.74) is 0. The molecule has 0 aliphatic carbocycles. The summed E-state index contributed by atoms with van der Waals surface area (Å²) in [5.74, 6) is 3.66. The Morgan fingerprint density at radius 2 is 2.20 bits per heavy atom. The van der Waals surface area contributed by atoms with Crippen LogP contribution in [0.4, 0.5) is 0 Å². The Hall–Kier alpha value is -1.08. The molecule has 1 aromatic heterocycles. The van der Waals surface area contributed by atoms with Crippen LogP contribution in [0.25, 0.3) is 0 Å². The van der Waals surface area contributed by atoms with Crippen molar-refractivity contribution in [2.45, 2.75) is 13.0 Å². The third kappa shape index (κ3) is 2.98. The highest BCUT2D eigenvalue weighted by molar-refractivity contribution is 7.99. The molecule has 2 aliphatic heterocycles. The van der Waals surface area contributed by atoms with Crippen LogP contribution in [0.1, 0.15) is 12.2 Å². The number of carbonyl (C=O) groups is 1.